The maximum absolute atomic E-state index is 12.6. The normalized spacial score (nSPS) is 12.8. The number of carbonyl (C=O) groups is 1. The Kier molecular flexibility index (Phi) is 8.87. The Balaban J connectivity index is 0.00000306. The van der Waals surface area contributed by atoms with Crippen LogP contribution in [0.25, 0.3) is 11.5 Å². The zero-order valence-corrected chi connectivity index (χ0v) is 21.3. The van der Waals surface area contributed by atoms with Gasteiger partial charge in [-0.25, -0.2) is 4.98 Å². The fourth-order valence-corrected chi connectivity index (χ4v) is 3.79. The predicted molar refractivity (Wildman–Crippen MR) is 142 cm³/mol. The van der Waals surface area contributed by atoms with E-state index in [-0.39, 0.29) is 29.9 Å². The number of aryl methyl sites for hydroxylation is 1. The number of guanidine groups is 1. The summed E-state index contributed by atoms with van der Waals surface area (Å²) in [4.78, 5) is 23.3. The number of benzene rings is 2. The molecule has 0 saturated heterocycles. The minimum atomic E-state index is 0. The van der Waals surface area contributed by atoms with Gasteiger partial charge in [-0.05, 0) is 43.5 Å². The maximum Gasteiger partial charge on any atom is 0.227 e. The van der Waals surface area contributed by atoms with E-state index in [0.717, 1.165) is 36.3 Å². The van der Waals surface area contributed by atoms with Crippen LogP contribution in [0.2, 0.25) is 0 Å². The van der Waals surface area contributed by atoms with Crippen LogP contribution >= 0.6 is 24.0 Å². The molecular weight excluding hydrogens is 529 g/mol. The van der Waals surface area contributed by atoms with Crippen molar-refractivity contribution in [1.29, 1.82) is 0 Å². The second-order valence-corrected chi connectivity index (χ2v) is 7.89. The quantitative estimate of drug-likeness (QED) is 0.195. The summed E-state index contributed by atoms with van der Waals surface area (Å²) in [6, 6.07) is 16.2. The van der Waals surface area contributed by atoms with Crippen molar-refractivity contribution in [2.75, 3.05) is 25.0 Å². The molecule has 1 aromatic heterocycles. The van der Waals surface area contributed by atoms with Crippen LogP contribution in [0.1, 0.15) is 29.7 Å². The molecule has 0 spiro atoms. The van der Waals surface area contributed by atoms with Crippen molar-refractivity contribution < 1.29 is 9.21 Å². The maximum atomic E-state index is 12.6. The molecule has 0 aliphatic carbocycles. The zero-order valence-electron chi connectivity index (χ0n) is 19.0. The molecule has 33 heavy (non-hydrogen) atoms. The number of aliphatic imine (C=N–C) groups is 1. The minimum Gasteiger partial charge on any atom is -0.444 e. The highest BCUT2D eigenvalue weighted by molar-refractivity contribution is 14.0. The van der Waals surface area contributed by atoms with Gasteiger partial charge in [0.15, 0.2) is 5.96 Å². The molecule has 0 saturated carbocycles. The van der Waals surface area contributed by atoms with E-state index in [4.69, 9.17) is 4.42 Å². The smallest absolute Gasteiger partial charge is 0.227 e. The lowest BCUT2D eigenvalue weighted by atomic mass is 10.1. The molecular formula is C25H30IN5O2. The van der Waals surface area contributed by atoms with Gasteiger partial charge in [0.05, 0.1) is 12.2 Å². The van der Waals surface area contributed by atoms with E-state index >= 15 is 0 Å². The summed E-state index contributed by atoms with van der Waals surface area (Å²) >= 11 is 0. The first-order chi connectivity index (χ1) is 15.6. The molecule has 174 valence electrons. The number of para-hydroxylation sites is 1. The van der Waals surface area contributed by atoms with Crippen molar-refractivity contribution in [3.8, 4) is 11.5 Å². The topological polar surface area (TPSA) is 82.8 Å². The molecule has 4 rings (SSSR count). The first-order valence-corrected chi connectivity index (χ1v) is 11.0. The number of nitrogens with zero attached hydrogens (tertiary/aromatic N) is 3. The number of fused-ring (bicyclic) bond motifs is 1. The van der Waals surface area contributed by atoms with Crippen LogP contribution in [0, 0.1) is 6.92 Å². The molecule has 7 nitrogen and oxygen atoms in total. The first kappa shape index (κ1) is 24.8. The Morgan fingerprint density at radius 2 is 1.94 bits per heavy atom. The molecule has 1 aliphatic heterocycles. The van der Waals surface area contributed by atoms with Gasteiger partial charge in [-0.3, -0.25) is 9.79 Å². The van der Waals surface area contributed by atoms with Crippen LogP contribution in [0.15, 0.2) is 64.2 Å². The molecule has 1 aliphatic rings. The van der Waals surface area contributed by atoms with Crippen LogP contribution in [0.5, 0.6) is 0 Å². The highest BCUT2D eigenvalue weighted by Gasteiger charge is 2.23. The molecule has 0 fully saturated rings. The van der Waals surface area contributed by atoms with E-state index in [1.54, 1.807) is 13.3 Å². The second-order valence-electron chi connectivity index (χ2n) is 7.89. The van der Waals surface area contributed by atoms with Crippen LogP contribution in [-0.4, -0.2) is 37.0 Å². The number of hydrogen-bond acceptors (Lipinski definition) is 4. The van der Waals surface area contributed by atoms with Crippen molar-refractivity contribution in [3.63, 3.8) is 0 Å². The van der Waals surface area contributed by atoms with Crippen molar-refractivity contribution in [3.05, 3.63) is 71.6 Å². The molecule has 1 amide bonds. The van der Waals surface area contributed by atoms with E-state index < -0.39 is 0 Å². The van der Waals surface area contributed by atoms with Crippen molar-refractivity contribution in [2.24, 2.45) is 4.99 Å². The Bertz CT molecular complexity index is 1090. The van der Waals surface area contributed by atoms with Gasteiger partial charge in [0.25, 0.3) is 0 Å². The largest absolute Gasteiger partial charge is 0.444 e. The lowest BCUT2D eigenvalue weighted by molar-refractivity contribution is -0.118. The van der Waals surface area contributed by atoms with Crippen LogP contribution in [0.4, 0.5) is 5.69 Å². The second kappa shape index (κ2) is 11.8. The molecule has 0 bridgehead atoms. The number of anilines is 1. The average Bonchev–Trinajstić information content (AvgIpc) is 3.46. The monoisotopic (exact) mass is 559 g/mol. The van der Waals surface area contributed by atoms with Gasteiger partial charge in [-0.2, -0.15) is 0 Å². The fourth-order valence-electron chi connectivity index (χ4n) is 3.79. The third-order valence-corrected chi connectivity index (χ3v) is 5.56. The Morgan fingerprint density at radius 1 is 1.15 bits per heavy atom. The van der Waals surface area contributed by atoms with Gasteiger partial charge < -0.3 is 20.0 Å². The van der Waals surface area contributed by atoms with E-state index in [0.29, 0.717) is 31.4 Å². The van der Waals surface area contributed by atoms with E-state index in [1.165, 1.54) is 11.1 Å². The van der Waals surface area contributed by atoms with Gasteiger partial charge in [0.1, 0.15) is 6.26 Å². The lowest BCUT2D eigenvalue weighted by Crippen LogP contribution is -2.38. The number of rotatable bonds is 7. The predicted octanol–water partition coefficient (Wildman–Crippen LogP) is 4.30. The molecule has 3 aromatic rings. The Labute approximate surface area is 211 Å². The van der Waals surface area contributed by atoms with Gasteiger partial charge in [0.2, 0.25) is 11.8 Å². The number of hydrogen-bond donors (Lipinski definition) is 2. The summed E-state index contributed by atoms with van der Waals surface area (Å²) in [6.45, 7) is 3.98. The molecule has 2 N–H and O–H groups in total. The molecule has 8 heteroatoms. The summed E-state index contributed by atoms with van der Waals surface area (Å²) in [5.41, 5.74) is 5.26. The van der Waals surface area contributed by atoms with Gasteiger partial charge in [-0.15, -0.1) is 24.0 Å². The van der Waals surface area contributed by atoms with Crippen LogP contribution < -0.4 is 15.5 Å². The van der Waals surface area contributed by atoms with Crippen LogP contribution in [-0.2, 0) is 17.8 Å². The highest BCUT2D eigenvalue weighted by Crippen LogP contribution is 2.28. The van der Waals surface area contributed by atoms with E-state index in [1.807, 2.05) is 47.4 Å². The van der Waals surface area contributed by atoms with Gasteiger partial charge in [0, 0.05) is 37.8 Å². The molecule has 0 atom stereocenters. The number of nitrogens with one attached hydrogen (secondary N) is 2. The highest BCUT2D eigenvalue weighted by atomic mass is 127. The summed E-state index contributed by atoms with van der Waals surface area (Å²) in [5.74, 6) is 1.45. The Hall–Kier alpha value is -2.88. The van der Waals surface area contributed by atoms with Crippen molar-refractivity contribution in [1.82, 2.24) is 15.6 Å². The molecule has 2 heterocycles. The summed E-state index contributed by atoms with van der Waals surface area (Å²) < 4.78 is 5.60. The van der Waals surface area contributed by atoms with Gasteiger partial charge >= 0.3 is 0 Å². The standard InChI is InChI=1S/C25H29N5O2.HI/c1-18-9-11-20(12-10-18)24-29-21(17-32-24)16-28-25(26-2)27-14-5-8-23(31)30-15-13-19-6-3-4-7-22(19)30;/h3-4,6-7,9-12,17H,5,8,13-16H2,1-2H3,(H2,26,27,28);1H. The number of oxazole rings is 1. The first-order valence-electron chi connectivity index (χ1n) is 11.0. The lowest BCUT2D eigenvalue weighted by Gasteiger charge is -2.17. The number of aromatic nitrogens is 1. The molecule has 0 radical (unpaired) electrons. The molecule has 2 aromatic carbocycles. The fraction of sp³-hybridized carbons (Fsp3) is 0.320. The third-order valence-electron chi connectivity index (χ3n) is 5.56. The van der Waals surface area contributed by atoms with Crippen molar-refractivity contribution in [2.45, 2.75) is 32.7 Å². The zero-order chi connectivity index (χ0) is 22.3. The van der Waals surface area contributed by atoms with Gasteiger partial charge in [-0.1, -0.05) is 35.9 Å². The summed E-state index contributed by atoms with van der Waals surface area (Å²) in [7, 11) is 1.72. The summed E-state index contributed by atoms with van der Waals surface area (Å²) in [6.07, 6.45) is 3.83. The number of carbonyl (C=O) groups excluding carboxylic acids is 1. The number of amides is 1. The van der Waals surface area contributed by atoms with E-state index in [9.17, 15) is 4.79 Å². The summed E-state index contributed by atoms with van der Waals surface area (Å²) in [5, 5.41) is 6.50. The van der Waals surface area contributed by atoms with Crippen molar-refractivity contribution >= 4 is 41.5 Å². The average molecular weight is 559 g/mol. The minimum absolute atomic E-state index is 0. The molecule has 0 unspecified atom stereocenters. The Morgan fingerprint density at radius 3 is 2.73 bits per heavy atom. The third kappa shape index (κ3) is 6.34. The van der Waals surface area contributed by atoms with E-state index in [2.05, 4.69) is 33.6 Å². The number of halogens is 1. The SMILES string of the molecule is CN=C(NCCCC(=O)N1CCc2ccccc21)NCc1coc(-c2ccc(C)cc2)n1.I. The van der Waals surface area contributed by atoms with Crippen LogP contribution in [0.3, 0.4) is 0 Å².